The summed E-state index contributed by atoms with van der Waals surface area (Å²) < 4.78 is 5.97. The number of hydrogen-bond donors (Lipinski definition) is 1. The zero-order valence-electron chi connectivity index (χ0n) is 13.1. The summed E-state index contributed by atoms with van der Waals surface area (Å²) in [6.07, 6.45) is 0.488. The molecule has 7 nitrogen and oxygen atoms in total. The molecule has 0 saturated heterocycles. The lowest BCUT2D eigenvalue weighted by Gasteiger charge is -2.03. The van der Waals surface area contributed by atoms with Crippen LogP contribution in [0.2, 0.25) is 8.67 Å². The third-order valence-electron chi connectivity index (χ3n) is 3.37. The molecule has 0 bridgehead atoms. The molecule has 3 heterocycles. The summed E-state index contributed by atoms with van der Waals surface area (Å²) in [5, 5.41) is 4.09. The molecule has 3 aromatic heterocycles. The van der Waals surface area contributed by atoms with Crippen LogP contribution in [-0.4, -0.2) is 15.7 Å². The van der Waals surface area contributed by atoms with Crippen molar-refractivity contribution >= 4 is 51.4 Å². The highest BCUT2D eigenvalue weighted by atomic mass is 35.5. The summed E-state index contributed by atoms with van der Waals surface area (Å²) in [4.78, 5) is 35.4. The smallest absolute Gasteiger partial charge is 0.337 e. The average molecular weight is 400 g/mol. The molecule has 1 N–H and O–H groups in total. The molecule has 0 aliphatic carbocycles. The van der Waals surface area contributed by atoms with Gasteiger partial charge in [0, 0.05) is 11.6 Å². The van der Waals surface area contributed by atoms with E-state index in [9.17, 15) is 9.59 Å². The van der Waals surface area contributed by atoms with E-state index in [2.05, 4.69) is 15.1 Å². The van der Waals surface area contributed by atoms with E-state index in [4.69, 9.17) is 32.5 Å². The molecule has 0 saturated carbocycles. The number of nitrogens with zero attached hydrogens (tertiary/aromatic N) is 2. The topological polar surface area (TPSA) is 97.5 Å². The van der Waals surface area contributed by atoms with E-state index < -0.39 is 11.2 Å². The van der Waals surface area contributed by atoms with Gasteiger partial charge in [-0.15, -0.1) is 11.3 Å². The van der Waals surface area contributed by atoms with Crippen molar-refractivity contribution in [3.63, 3.8) is 0 Å². The number of aryl methyl sites for hydroxylation is 1. The summed E-state index contributed by atoms with van der Waals surface area (Å²) in [5.74, 6) is 0. The average Bonchev–Trinajstić information content (AvgIpc) is 2.89. The highest BCUT2D eigenvalue weighted by Crippen LogP contribution is 2.31. The molecule has 3 rings (SSSR count). The number of aromatic nitrogens is 2. The lowest BCUT2D eigenvalue weighted by molar-refractivity contribution is 0.311. The maximum absolute atomic E-state index is 12.2. The molecule has 0 aliphatic rings. The summed E-state index contributed by atoms with van der Waals surface area (Å²) in [6.45, 7) is 3.49. The van der Waals surface area contributed by atoms with Crippen LogP contribution in [-0.2, 0) is 6.42 Å². The van der Waals surface area contributed by atoms with Crippen LogP contribution in [0.4, 0.5) is 0 Å². The Labute approximate surface area is 154 Å². The van der Waals surface area contributed by atoms with Gasteiger partial charge in [-0.2, -0.15) is 4.98 Å². The van der Waals surface area contributed by atoms with Crippen molar-refractivity contribution in [1.29, 1.82) is 0 Å². The van der Waals surface area contributed by atoms with Gasteiger partial charge in [-0.05, 0) is 25.0 Å². The second kappa shape index (κ2) is 6.99. The highest BCUT2D eigenvalue weighted by molar-refractivity contribution is 7.20. The van der Waals surface area contributed by atoms with E-state index >= 15 is 0 Å². The van der Waals surface area contributed by atoms with Crippen LogP contribution in [0.25, 0.3) is 11.1 Å². The molecule has 3 aromatic rings. The maximum atomic E-state index is 12.2. The Morgan fingerprint density at radius 1 is 1.40 bits per heavy atom. The Morgan fingerprint density at radius 2 is 2.16 bits per heavy atom. The first kappa shape index (κ1) is 17.7. The molecule has 0 unspecified atom stereocenters. The number of H-pyrrole nitrogens is 1. The minimum Gasteiger partial charge on any atom is -0.403 e. The van der Waals surface area contributed by atoms with Crippen LogP contribution < -0.4 is 16.0 Å². The van der Waals surface area contributed by atoms with Crippen molar-refractivity contribution in [2.24, 2.45) is 5.16 Å². The van der Waals surface area contributed by atoms with Gasteiger partial charge in [-0.1, -0.05) is 35.3 Å². The van der Waals surface area contributed by atoms with Crippen molar-refractivity contribution in [3.05, 3.63) is 52.7 Å². The van der Waals surface area contributed by atoms with E-state index in [1.807, 2.05) is 6.92 Å². The minimum atomic E-state index is -0.590. The minimum absolute atomic E-state index is 0.104. The molecule has 0 aromatic carbocycles. The summed E-state index contributed by atoms with van der Waals surface area (Å²) in [5.41, 5.74) is 0.426. The molecule has 0 atom stereocenters. The summed E-state index contributed by atoms with van der Waals surface area (Å²) >= 11 is 13.1. The van der Waals surface area contributed by atoms with Crippen molar-refractivity contribution in [2.75, 3.05) is 0 Å². The molecule has 0 aliphatic heterocycles. The van der Waals surface area contributed by atoms with E-state index in [0.717, 1.165) is 0 Å². The standard InChI is InChI=1S/C15H11Cl2N3O4S/c1-3-7-4-10(21)23-14-11(7)13(22)18-15(19-14)24-20-6(2)8-5-9(16)25-12(8)17/h4-5H,3H2,1-2H3,(H,18,19,22). The Bertz CT molecular complexity index is 1100. The first-order valence-corrected chi connectivity index (χ1v) is 8.70. The van der Waals surface area contributed by atoms with Gasteiger partial charge < -0.3 is 9.25 Å². The molecule has 0 fully saturated rings. The Morgan fingerprint density at radius 3 is 2.80 bits per heavy atom. The van der Waals surface area contributed by atoms with Gasteiger partial charge in [0.15, 0.2) is 0 Å². The first-order chi connectivity index (χ1) is 11.9. The second-order valence-electron chi connectivity index (χ2n) is 5.00. The van der Waals surface area contributed by atoms with Crippen molar-refractivity contribution < 1.29 is 9.25 Å². The Balaban J connectivity index is 2.00. The predicted molar refractivity (Wildman–Crippen MR) is 97.5 cm³/mol. The maximum Gasteiger partial charge on any atom is 0.337 e. The third-order valence-corrected chi connectivity index (χ3v) is 4.86. The van der Waals surface area contributed by atoms with Gasteiger partial charge in [0.1, 0.15) is 9.72 Å². The molecule has 0 radical (unpaired) electrons. The number of hydrogen-bond acceptors (Lipinski definition) is 7. The van der Waals surface area contributed by atoms with Gasteiger partial charge in [0.25, 0.3) is 5.56 Å². The molecule has 25 heavy (non-hydrogen) atoms. The fourth-order valence-corrected chi connectivity index (χ4v) is 3.76. The van der Waals surface area contributed by atoms with Gasteiger partial charge in [0.2, 0.25) is 5.71 Å². The number of thiophene rings is 1. The summed E-state index contributed by atoms with van der Waals surface area (Å²) in [7, 11) is 0. The molecule has 10 heteroatoms. The fourth-order valence-electron chi connectivity index (χ4n) is 2.20. The van der Waals surface area contributed by atoms with Gasteiger partial charge in [-0.25, -0.2) is 4.79 Å². The zero-order valence-corrected chi connectivity index (χ0v) is 15.4. The number of fused-ring (bicyclic) bond motifs is 1. The Kier molecular flexibility index (Phi) is 4.94. The predicted octanol–water partition coefficient (Wildman–Crippen LogP) is 3.61. The lowest BCUT2D eigenvalue weighted by atomic mass is 10.1. The molecule has 0 amide bonds. The fraction of sp³-hybridized carbons (Fsp3) is 0.200. The van der Waals surface area contributed by atoms with Crippen LogP contribution in [0.5, 0.6) is 6.01 Å². The lowest BCUT2D eigenvalue weighted by Crippen LogP contribution is -2.14. The number of oxime groups is 1. The SMILES string of the molecule is CCc1cc(=O)oc2nc(ON=C(C)c3cc(Cl)sc3Cl)[nH]c(=O)c12. The molecule has 130 valence electrons. The van der Waals surface area contributed by atoms with Crippen LogP contribution in [0.1, 0.15) is 25.0 Å². The van der Waals surface area contributed by atoms with E-state index in [0.29, 0.717) is 31.9 Å². The number of aromatic amines is 1. The molecular weight excluding hydrogens is 389 g/mol. The Hall–Kier alpha value is -2.16. The van der Waals surface area contributed by atoms with Crippen LogP contribution >= 0.6 is 34.5 Å². The zero-order chi connectivity index (χ0) is 18.1. The first-order valence-electron chi connectivity index (χ1n) is 7.13. The van der Waals surface area contributed by atoms with Crippen molar-refractivity contribution in [1.82, 2.24) is 9.97 Å². The van der Waals surface area contributed by atoms with E-state index in [1.165, 1.54) is 17.4 Å². The van der Waals surface area contributed by atoms with Crippen molar-refractivity contribution in [3.8, 4) is 6.01 Å². The number of rotatable bonds is 4. The number of halogens is 2. The molecule has 0 spiro atoms. The van der Waals surface area contributed by atoms with Gasteiger partial charge >= 0.3 is 11.6 Å². The van der Waals surface area contributed by atoms with Gasteiger partial charge in [0.05, 0.1) is 10.0 Å². The van der Waals surface area contributed by atoms with E-state index in [-0.39, 0.29) is 17.1 Å². The third kappa shape index (κ3) is 3.60. The largest absolute Gasteiger partial charge is 0.403 e. The molecular formula is C15H11Cl2N3O4S. The normalized spacial score (nSPS) is 11.9. The van der Waals surface area contributed by atoms with Crippen molar-refractivity contribution in [2.45, 2.75) is 20.3 Å². The second-order valence-corrected chi connectivity index (χ2v) is 7.29. The summed E-state index contributed by atoms with van der Waals surface area (Å²) in [6, 6.07) is 2.72. The highest BCUT2D eigenvalue weighted by Gasteiger charge is 2.13. The van der Waals surface area contributed by atoms with E-state index in [1.54, 1.807) is 13.0 Å². The number of nitrogens with one attached hydrogen (secondary N) is 1. The van der Waals surface area contributed by atoms with Crippen LogP contribution in [0.15, 0.2) is 31.3 Å². The monoisotopic (exact) mass is 399 g/mol. The van der Waals surface area contributed by atoms with Gasteiger partial charge in [-0.3, -0.25) is 9.78 Å². The van der Waals surface area contributed by atoms with Crippen LogP contribution in [0.3, 0.4) is 0 Å². The quantitative estimate of drug-likeness (QED) is 0.533. The van der Waals surface area contributed by atoms with Crippen LogP contribution in [0, 0.1) is 0 Å².